The van der Waals surface area contributed by atoms with Crippen molar-refractivity contribution >= 4 is 28.6 Å². The molecule has 0 aliphatic heterocycles. The molecule has 4 heteroatoms. The number of ketones is 2. The number of allylic oxidation sites excluding steroid dienone is 3. The van der Waals surface area contributed by atoms with Gasteiger partial charge in [-0.15, -0.1) is 0 Å². The molecule has 0 aromatic carbocycles. The number of hydrogen-bond acceptors (Lipinski definition) is 3. The monoisotopic (exact) mass is 346 g/mol. The standard InChI is InChI=1S/C20H23FO2S/c1-19-7-5-14-12(13(19)3-4-16(19)23)9-11(10-21)17-18(24)15(22)6-8-20(14,17)2/h6,8,10,12-14,17H,3-5,7,9H2,1-2H3/t12-,13-,14-,17?,19-,20+/m0/s1. The van der Waals surface area contributed by atoms with Crippen molar-refractivity contribution in [1.29, 1.82) is 0 Å². The molecule has 0 heterocycles. The molecule has 0 bridgehead atoms. The minimum atomic E-state index is -0.307. The lowest BCUT2D eigenvalue weighted by molar-refractivity contribution is -0.132. The van der Waals surface area contributed by atoms with Crippen molar-refractivity contribution < 1.29 is 14.0 Å². The number of rotatable bonds is 0. The van der Waals surface area contributed by atoms with E-state index in [4.69, 9.17) is 12.2 Å². The van der Waals surface area contributed by atoms with Crippen LogP contribution < -0.4 is 0 Å². The third kappa shape index (κ3) is 1.89. The topological polar surface area (TPSA) is 34.1 Å². The molecule has 0 amide bonds. The van der Waals surface area contributed by atoms with Crippen LogP contribution in [0.5, 0.6) is 0 Å². The van der Waals surface area contributed by atoms with Crippen LogP contribution in [-0.4, -0.2) is 16.4 Å². The van der Waals surface area contributed by atoms with Crippen LogP contribution in [0.1, 0.15) is 46.0 Å². The summed E-state index contributed by atoms with van der Waals surface area (Å²) < 4.78 is 13.8. The van der Waals surface area contributed by atoms with Gasteiger partial charge in [0.05, 0.1) is 11.2 Å². The van der Waals surface area contributed by atoms with Gasteiger partial charge in [0, 0.05) is 23.2 Å². The van der Waals surface area contributed by atoms with Gasteiger partial charge in [0.1, 0.15) is 5.78 Å². The quantitative estimate of drug-likeness (QED) is 0.610. The number of thiocarbonyl (C=S) groups is 1. The summed E-state index contributed by atoms with van der Waals surface area (Å²) in [5.41, 5.74) is 0.115. The first-order chi connectivity index (χ1) is 11.3. The van der Waals surface area contributed by atoms with Crippen molar-refractivity contribution in [2.75, 3.05) is 0 Å². The van der Waals surface area contributed by atoms with Crippen LogP contribution in [-0.2, 0) is 9.59 Å². The highest BCUT2D eigenvalue weighted by Crippen LogP contribution is 2.65. The molecule has 0 radical (unpaired) electrons. The molecule has 3 saturated carbocycles. The van der Waals surface area contributed by atoms with Crippen LogP contribution in [0.3, 0.4) is 0 Å². The minimum Gasteiger partial charge on any atom is -0.299 e. The molecule has 0 N–H and O–H groups in total. The van der Waals surface area contributed by atoms with Crippen molar-refractivity contribution in [2.45, 2.75) is 46.0 Å². The van der Waals surface area contributed by atoms with E-state index >= 15 is 0 Å². The van der Waals surface area contributed by atoms with Crippen LogP contribution in [0.15, 0.2) is 24.1 Å². The Morgan fingerprint density at radius 2 is 2.00 bits per heavy atom. The van der Waals surface area contributed by atoms with E-state index < -0.39 is 0 Å². The molecule has 0 aromatic heterocycles. The second-order valence-corrected chi connectivity index (χ2v) is 8.98. The Kier molecular flexibility index (Phi) is 3.51. The molecule has 3 fully saturated rings. The van der Waals surface area contributed by atoms with Gasteiger partial charge in [0.2, 0.25) is 0 Å². The Morgan fingerprint density at radius 1 is 1.25 bits per heavy atom. The lowest BCUT2D eigenvalue weighted by Crippen LogP contribution is -2.55. The van der Waals surface area contributed by atoms with Crippen molar-refractivity contribution in [1.82, 2.24) is 0 Å². The molecule has 2 nitrogen and oxygen atoms in total. The zero-order chi connectivity index (χ0) is 17.3. The molecule has 24 heavy (non-hydrogen) atoms. The lowest BCUT2D eigenvalue weighted by atomic mass is 9.45. The smallest absolute Gasteiger partial charge is 0.192 e. The second-order valence-electron chi connectivity index (χ2n) is 8.54. The summed E-state index contributed by atoms with van der Waals surface area (Å²) in [6.45, 7) is 4.24. The SMILES string of the molecule is C[C@]12C=CC(=O)C(=S)C1C(=CF)C[C@@H]1[C@@H]2CC[C@]2(C)C(=O)CC[C@@H]12. The predicted octanol–water partition coefficient (Wildman–Crippen LogP) is 4.39. The fraction of sp³-hybridized carbons (Fsp3) is 0.650. The number of halogens is 1. The van der Waals surface area contributed by atoms with Gasteiger partial charge in [-0.25, -0.2) is 4.39 Å². The fourth-order valence-corrected chi connectivity index (χ4v) is 6.85. The average Bonchev–Trinajstić information content (AvgIpc) is 2.86. The maximum absolute atomic E-state index is 13.8. The first-order valence-corrected chi connectivity index (χ1v) is 9.33. The normalized spacial score (nSPS) is 49.1. The van der Waals surface area contributed by atoms with E-state index in [1.807, 2.05) is 6.08 Å². The number of hydrogen-bond donors (Lipinski definition) is 0. The summed E-state index contributed by atoms with van der Waals surface area (Å²) in [5, 5.41) is 0. The molecule has 0 saturated heterocycles. The lowest BCUT2D eigenvalue weighted by Gasteiger charge is -2.58. The highest BCUT2D eigenvalue weighted by Gasteiger charge is 2.61. The van der Waals surface area contributed by atoms with Crippen LogP contribution >= 0.6 is 12.2 Å². The van der Waals surface area contributed by atoms with Crippen LogP contribution in [0.4, 0.5) is 4.39 Å². The zero-order valence-electron chi connectivity index (χ0n) is 14.2. The first-order valence-electron chi connectivity index (χ1n) is 8.93. The van der Waals surface area contributed by atoms with Crippen molar-refractivity contribution in [3.8, 4) is 0 Å². The van der Waals surface area contributed by atoms with Gasteiger partial charge in [-0.3, -0.25) is 9.59 Å². The summed E-state index contributed by atoms with van der Waals surface area (Å²) in [7, 11) is 0. The molecule has 4 aliphatic rings. The van der Waals surface area contributed by atoms with E-state index in [1.54, 1.807) is 6.08 Å². The van der Waals surface area contributed by atoms with Gasteiger partial charge < -0.3 is 0 Å². The highest BCUT2D eigenvalue weighted by molar-refractivity contribution is 7.82. The van der Waals surface area contributed by atoms with Crippen molar-refractivity contribution in [2.24, 2.45) is 34.5 Å². The summed E-state index contributed by atoms with van der Waals surface area (Å²) in [4.78, 5) is 24.9. The highest BCUT2D eigenvalue weighted by atomic mass is 32.1. The van der Waals surface area contributed by atoms with Gasteiger partial charge in [0.15, 0.2) is 5.78 Å². The molecule has 0 aromatic rings. The average molecular weight is 346 g/mol. The largest absolute Gasteiger partial charge is 0.299 e. The van der Waals surface area contributed by atoms with E-state index in [9.17, 15) is 14.0 Å². The molecule has 6 atom stereocenters. The molecule has 128 valence electrons. The second kappa shape index (κ2) is 5.17. The van der Waals surface area contributed by atoms with E-state index in [2.05, 4.69) is 13.8 Å². The fourth-order valence-electron chi connectivity index (χ4n) is 6.38. The number of carbonyl (C=O) groups is 2. The molecule has 4 aliphatic carbocycles. The van der Waals surface area contributed by atoms with Gasteiger partial charge in [-0.1, -0.05) is 32.1 Å². The number of carbonyl (C=O) groups excluding carboxylic acids is 2. The third-order valence-electron chi connectivity index (χ3n) is 7.65. The third-order valence-corrected chi connectivity index (χ3v) is 8.09. The van der Waals surface area contributed by atoms with E-state index in [-0.39, 0.29) is 22.5 Å². The van der Waals surface area contributed by atoms with Gasteiger partial charge in [-0.2, -0.15) is 0 Å². The summed E-state index contributed by atoms with van der Waals surface area (Å²) in [6.07, 6.45) is 8.33. The summed E-state index contributed by atoms with van der Waals surface area (Å²) >= 11 is 5.41. The first kappa shape index (κ1) is 16.3. The number of Topliss-reactive ketones (excluding diaryl/α,β-unsaturated/α-hetero) is 1. The van der Waals surface area contributed by atoms with Gasteiger partial charge in [0.25, 0.3) is 0 Å². The molecular formula is C20H23FO2S. The zero-order valence-corrected chi connectivity index (χ0v) is 15.0. The minimum absolute atomic E-state index is 0.151. The Morgan fingerprint density at radius 3 is 2.71 bits per heavy atom. The maximum atomic E-state index is 13.8. The molecule has 0 spiro atoms. The van der Waals surface area contributed by atoms with Crippen molar-refractivity contribution in [3.05, 3.63) is 24.1 Å². The Bertz CT molecular complexity index is 708. The molecular weight excluding hydrogens is 323 g/mol. The van der Waals surface area contributed by atoms with Crippen LogP contribution in [0, 0.1) is 34.5 Å². The summed E-state index contributed by atoms with van der Waals surface area (Å²) in [5.74, 6) is 0.932. The van der Waals surface area contributed by atoms with Crippen LogP contribution in [0.25, 0.3) is 0 Å². The van der Waals surface area contributed by atoms with Crippen LogP contribution in [0.2, 0.25) is 0 Å². The van der Waals surface area contributed by atoms with E-state index in [0.29, 0.717) is 53.1 Å². The predicted molar refractivity (Wildman–Crippen MR) is 94.2 cm³/mol. The van der Waals surface area contributed by atoms with E-state index in [1.165, 1.54) is 0 Å². The van der Waals surface area contributed by atoms with Gasteiger partial charge in [-0.05, 0) is 55.1 Å². The Balaban J connectivity index is 1.81. The Hall–Kier alpha value is -1.16. The summed E-state index contributed by atoms with van der Waals surface area (Å²) in [6, 6.07) is 0. The van der Waals surface area contributed by atoms with E-state index in [0.717, 1.165) is 19.3 Å². The van der Waals surface area contributed by atoms with Gasteiger partial charge >= 0.3 is 0 Å². The molecule has 4 rings (SSSR count). The molecule has 1 unspecified atom stereocenters. The van der Waals surface area contributed by atoms with Crippen molar-refractivity contribution in [3.63, 3.8) is 0 Å². The maximum Gasteiger partial charge on any atom is 0.192 e. The number of fused-ring (bicyclic) bond motifs is 5. The Labute approximate surface area is 147 Å².